The lowest BCUT2D eigenvalue weighted by atomic mass is 9.87. The van der Waals surface area contributed by atoms with Crippen LogP contribution in [-0.4, -0.2) is 54.5 Å². The van der Waals surface area contributed by atoms with Gasteiger partial charge in [0.2, 0.25) is 0 Å². The Morgan fingerprint density at radius 3 is 2.56 bits per heavy atom. The number of piperazine rings is 1. The second-order valence-electron chi connectivity index (χ2n) is 5.23. The number of rotatable bonds is 3. The third kappa shape index (κ3) is 2.41. The van der Waals surface area contributed by atoms with Gasteiger partial charge in [-0.05, 0) is 24.6 Å². The summed E-state index contributed by atoms with van der Waals surface area (Å²) >= 11 is 0. The van der Waals surface area contributed by atoms with Crippen molar-refractivity contribution in [3.05, 3.63) is 23.3 Å². The lowest BCUT2D eigenvalue weighted by Gasteiger charge is -2.47. The van der Waals surface area contributed by atoms with Gasteiger partial charge in [0.15, 0.2) is 0 Å². The third-order valence-corrected chi connectivity index (χ3v) is 4.24. The Bertz CT molecular complexity index is 381. The highest BCUT2D eigenvalue weighted by Crippen LogP contribution is 2.30. The summed E-state index contributed by atoms with van der Waals surface area (Å²) < 4.78 is 0. The molecular weight excluding hydrogens is 226 g/mol. The van der Waals surface area contributed by atoms with Gasteiger partial charge in [0.1, 0.15) is 6.29 Å². The van der Waals surface area contributed by atoms with Crippen molar-refractivity contribution >= 4 is 6.29 Å². The quantitative estimate of drug-likeness (QED) is 0.750. The molecule has 1 fully saturated rings. The number of nitrogens with zero attached hydrogens (tertiary/aromatic N) is 2. The average molecular weight is 249 g/mol. The molecule has 2 rings (SSSR count). The lowest BCUT2D eigenvalue weighted by molar-refractivity contribution is -0.105. The molecule has 0 spiro atoms. The zero-order valence-electron chi connectivity index (χ0n) is 11.4. The van der Waals surface area contributed by atoms with E-state index in [0.29, 0.717) is 6.42 Å². The molecule has 0 aromatic rings. The Labute approximate surface area is 109 Å². The van der Waals surface area contributed by atoms with Crippen LogP contribution in [0.2, 0.25) is 0 Å². The summed E-state index contributed by atoms with van der Waals surface area (Å²) in [4.78, 5) is 15.7. The van der Waals surface area contributed by atoms with Crippen LogP contribution >= 0.6 is 0 Å². The summed E-state index contributed by atoms with van der Waals surface area (Å²) in [6.07, 6.45) is 5.42. The highest BCUT2D eigenvalue weighted by molar-refractivity contribution is 5.75. The van der Waals surface area contributed by atoms with Gasteiger partial charge in [-0.1, -0.05) is 19.1 Å². The molecule has 1 aliphatic carbocycles. The van der Waals surface area contributed by atoms with E-state index in [-0.39, 0.29) is 0 Å². The van der Waals surface area contributed by atoms with E-state index in [1.54, 1.807) is 0 Å². The maximum atomic E-state index is 11.0. The van der Waals surface area contributed by atoms with Crippen LogP contribution in [0.4, 0.5) is 0 Å². The average Bonchev–Trinajstić information content (AvgIpc) is 2.42. The first kappa shape index (κ1) is 13.5. The summed E-state index contributed by atoms with van der Waals surface area (Å²) in [7, 11) is 0. The molecular formula is C14H23N3O. The molecule has 18 heavy (non-hydrogen) atoms. The number of allylic oxidation sites excluding steroid dienone is 2. The van der Waals surface area contributed by atoms with Crippen LogP contribution in [0.25, 0.3) is 0 Å². The zero-order chi connectivity index (χ0) is 13.2. The predicted octanol–water partition coefficient (Wildman–Crippen LogP) is 0.754. The second-order valence-corrected chi connectivity index (χ2v) is 5.23. The molecule has 4 nitrogen and oxygen atoms in total. The molecule has 2 N–H and O–H groups in total. The third-order valence-electron chi connectivity index (χ3n) is 4.24. The zero-order valence-corrected chi connectivity index (χ0v) is 11.4. The fourth-order valence-corrected chi connectivity index (χ4v) is 2.79. The van der Waals surface area contributed by atoms with Crippen LogP contribution in [0.3, 0.4) is 0 Å². The van der Waals surface area contributed by atoms with Crippen molar-refractivity contribution in [2.45, 2.75) is 25.9 Å². The number of hydrogen-bond acceptors (Lipinski definition) is 4. The summed E-state index contributed by atoms with van der Waals surface area (Å²) in [5, 5.41) is 0. The predicted molar refractivity (Wildman–Crippen MR) is 73.1 cm³/mol. The van der Waals surface area contributed by atoms with Gasteiger partial charge in [0.05, 0.1) is 5.66 Å². The van der Waals surface area contributed by atoms with Crippen LogP contribution in [-0.2, 0) is 4.79 Å². The monoisotopic (exact) mass is 249 g/mol. The van der Waals surface area contributed by atoms with E-state index >= 15 is 0 Å². The molecule has 4 heteroatoms. The van der Waals surface area contributed by atoms with Crippen LogP contribution in [0, 0.1) is 0 Å². The van der Waals surface area contributed by atoms with Crippen LogP contribution in [0.15, 0.2) is 23.3 Å². The minimum absolute atomic E-state index is 0.467. The lowest BCUT2D eigenvalue weighted by Crippen LogP contribution is -2.63. The molecule has 0 saturated carbocycles. The molecule has 0 amide bonds. The van der Waals surface area contributed by atoms with E-state index in [1.807, 2.05) is 12.2 Å². The van der Waals surface area contributed by atoms with E-state index in [4.69, 9.17) is 5.73 Å². The van der Waals surface area contributed by atoms with Crippen molar-refractivity contribution in [1.82, 2.24) is 9.80 Å². The first-order valence-corrected chi connectivity index (χ1v) is 6.69. The molecule has 1 saturated heterocycles. The van der Waals surface area contributed by atoms with E-state index < -0.39 is 5.66 Å². The van der Waals surface area contributed by atoms with E-state index in [0.717, 1.165) is 50.2 Å². The van der Waals surface area contributed by atoms with Crippen molar-refractivity contribution in [3.63, 3.8) is 0 Å². The number of hydrogen-bond donors (Lipinski definition) is 1. The SMILES string of the molecule is CCN1CCN(C2(N)CC(C=O)=CC=C2C)CC1. The summed E-state index contributed by atoms with van der Waals surface area (Å²) in [5.41, 5.74) is 8.05. The van der Waals surface area contributed by atoms with Gasteiger partial charge in [0, 0.05) is 32.6 Å². The van der Waals surface area contributed by atoms with E-state index in [2.05, 4.69) is 23.6 Å². The van der Waals surface area contributed by atoms with Gasteiger partial charge >= 0.3 is 0 Å². The largest absolute Gasteiger partial charge is 0.309 e. The van der Waals surface area contributed by atoms with Crippen molar-refractivity contribution in [2.24, 2.45) is 5.73 Å². The molecule has 100 valence electrons. The van der Waals surface area contributed by atoms with Crippen molar-refractivity contribution in [1.29, 1.82) is 0 Å². The molecule has 2 aliphatic rings. The van der Waals surface area contributed by atoms with Crippen LogP contribution < -0.4 is 5.73 Å². The smallest absolute Gasteiger partial charge is 0.146 e. The molecule has 1 heterocycles. The van der Waals surface area contributed by atoms with Gasteiger partial charge in [-0.25, -0.2) is 0 Å². The normalized spacial score (nSPS) is 30.8. The molecule has 1 unspecified atom stereocenters. The molecule has 1 atom stereocenters. The van der Waals surface area contributed by atoms with E-state index in [9.17, 15) is 4.79 Å². The van der Waals surface area contributed by atoms with Crippen LogP contribution in [0.1, 0.15) is 20.3 Å². The number of likely N-dealkylation sites (N-methyl/N-ethyl adjacent to an activating group) is 1. The minimum Gasteiger partial charge on any atom is -0.309 e. The number of nitrogens with two attached hydrogens (primary N) is 1. The topological polar surface area (TPSA) is 49.6 Å². The first-order valence-electron chi connectivity index (χ1n) is 6.69. The molecule has 0 bridgehead atoms. The summed E-state index contributed by atoms with van der Waals surface area (Å²) in [5.74, 6) is 0. The highest BCUT2D eigenvalue weighted by Gasteiger charge is 2.37. The molecule has 0 radical (unpaired) electrons. The first-order chi connectivity index (χ1) is 8.60. The highest BCUT2D eigenvalue weighted by atomic mass is 16.1. The Hall–Kier alpha value is -0.970. The molecule has 0 aromatic carbocycles. The van der Waals surface area contributed by atoms with Gasteiger partial charge in [-0.2, -0.15) is 0 Å². The number of carbonyl (C=O) groups is 1. The second kappa shape index (κ2) is 5.34. The molecule has 1 aliphatic heterocycles. The fourth-order valence-electron chi connectivity index (χ4n) is 2.79. The van der Waals surface area contributed by atoms with Gasteiger partial charge in [0.25, 0.3) is 0 Å². The Kier molecular flexibility index (Phi) is 4.00. The van der Waals surface area contributed by atoms with Gasteiger partial charge < -0.3 is 10.6 Å². The van der Waals surface area contributed by atoms with Crippen molar-refractivity contribution < 1.29 is 4.79 Å². The van der Waals surface area contributed by atoms with E-state index in [1.165, 1.54) is 0 Å². The van der Waals surface area contributed by atoms with Crippen LogP contribution in [0.5, 0.6) is 0 Å². The number of aldehydes is 1. The van der Waals surface area contributed by atoms with Crippen molar-refractivity contribution in [3.8, 4) is 0 Å². The standard InChI is InChI=1S/C14H23N3O/c1-3-16-6-8-17(9-7-16)14(15)10-13(11-18)5-4-12(14)2/h4-5,11H,3,6-10,15H2,1-2H3. The Morgan fingerprint density at radius 1 is 1.33 bits per heavy atom. The maximum absolute atomic E-state index is 11.0. The Balaban J connectivity index is 2.10. The Morgan fingerprint density at radius 2 is 2.00 bits per heavy atom. The summed E-state index contributed by atoms with van der Waals surface area (Å²) in [6, 6.07) is 0. The van der Waals surface area contributed by atoms with Gasteiger partial charge in [-0.15, -0.1) is 0 Å². The van der Waals surface area contributed by atoms with Gasteiger partial charge in [-0.3, -0.25) is 9.69 Å². The fraction of sp³-hybridized carbons (Fsp3) is 0.643. The minimum atomic E-state index is -0.467. The maximum Gasteiger partial charge on any atom is 0.146 e. The number of carbonyl (C=O) groups excluding carboxylic acids is 1. The summed E-state index contributed by atoms with van der Waals surface area (Å²) in [6.45, 7) is 9.41. The molecule has 0 aromatic heterocycles. The van der Waals surface area contributed by atoms with Crippen molar-refractivity contribution in [2.75, 3.05) is 32.7 Å².